The molecule has 3 aromatic carbocycles. The van der Waals surface area contributed by atoms with Crippen LogP contribution in [0, 0.1) is 5.41 Å². The molecule has 0 aliphatic rings. The molecule has 0 radical (unpaired) electrons. The molecule has 0 aliphatic carbocycles. The van der Waals surface area contributed by atoms with Crippen molar-refractivity contribution in [1.29, 1.82) is 5.41 Å². The van der Waals surface area contributed by atoms with Crippen LogP contribution in [0.15, 0.2) is 105 Å². The maximum Gasteiger partial charge on any atom is 0.343 e. The molecular formula is C36H35NO11. The number of ether oxygens (including phenoxy) is 6. The Kier molecular flexibility index (Phi) is 13.5. The third-order valence-corrected chi connectivity index (χ3v) is 6.42. The highest BCUT2D eigenvalue weighted by atomic mass is 16.7. The van der Waals surface area contributed by atoms with Gasteiger partial charge in [0.15, 0.2) is 5.79 Å². The monoisotopic (exact) mass is 657 g/mol. The number of esters is 4. The standard InChI is InChI=1S/C36H35NO11/c1-5-32(38)45-23-30(48-36(4,42)7-3)22-44-28-13-9-25(10-14-28)34(40)43-19-18-24-8-17-31(27(20-24)21-37)47-35(41)26-11-15-29(16-12-26)46-33(39)6-2/h5-17,20-21,30,37,42H,1-3,18-19,22-23H2,4H3. The summed E-state index contributed by atoms with van der Waals surface area (Å²) in [4.78, 5) is 48.0. The van der Waals surface area contributed by atoms with Crippen LogP contribution in [0.1, 0.15) is 38.8 Å². The molecule has 48 heavy (non-hydrogen) atoms. The third kappa shape index (κ3) is 11.5. The zero-order valence-corrected chi connectivity index (χ0v) is 26.2. The van der Waals surface area contributed by atoms with Gasteiger partial charge in [-0.2, -0.15) is 0 Å². The van der Waals surface area contributed by atoms with Gasteiger partial charge in [0, 0.05) is 30.4 Å². The number of aliphatic hydroxyl groups is 1. The van der Waals surface area contributed by atoms with Crippen LogP contribution in [-0.4, -0.2) is 66.9 Å². The van der Waals surface area contributed by atoms with Gasteiger partial charge in [-0.15, -0.1) is 0 Å². The molecule has 0 spiro atoms. The van der Waals surface area contributed by atoms with Gasteiger partial charge in [0.1, 0.15) is 36.6 Å². The van der Waals surface area contributed by atoms with Crippen molar-refractivity contribution in [1.82, 2.24) is 0 Å². The molecule has 0 heterocycles. The summed E-state index contributed by atoms with van der Waals surface area (Å²) in [5.74, 6) is -3.40. The second-order valence-corrected chi connectivity index (χ2v) is 10.1. The molecule has 0 saturated carbocycles. The Bertz CT molecular complexity index is 1640. The highest BCUT2D eigenvalue weighted by Gasteiger charge is 2.24. The van der Waals surface area contributed by atoms with Crippen LogP contribution in [0.4, 0.5) is 0 Å². The molecule has 0 fully saturated rings. The van der Waals surface area contributed by atoms with Crippen molar-refractivity contribution >= 4 is 30.1 Å². The minimum absolute atomic E-state index is 0.0438. The molecule has 0 aliphatic heterocycles. The van der Waals surface area contributed by atoms with Crippen LogP contribution in [0.3, 0.4) is 0 Å². The quantitative estimate of drug-likeness (QED) is 0.0482. The Hall–Kier alpha value is -5.85. The molecule has 0 aromatic heterocycles. The van der Waals surface area contributed by atoms with Crippen LogP contribution < -0.4 is 14.2 Å². The number of nitrogens with one attached hydrogen (secondary N) is 1. The number of hydrogen-bond acceptors (Lipinski definition) is 12. The first-order chi connectivity index (χ1) is 23.0. The summed E-state index contributed by atoms with van der Waals surface area (Å²) in [6.45, 7) is 11.3. The van der Waals surface area contributed by atoms with Crippen molar-refractivity contribution in [3.05, 3.63) is 127 Å². The van der Waals surface area contributed by atoms with E-state index in [1.54, 1.807) is 30.3 Å². The fraction of sp³-hybridized carbons (Fsp3) is 0.194. The molecule has 0 bridgehead atoms. The van der Waals surface area contributed by atoms with Crippen molar-refractivity contribution in [2.24, 2.45) is 0 Å². The largest absolute Gasteiger partial charge is 0.491 e. The van der Waals surface area contributed by atoms with Gasteiger partial charge in [-0.05, 0) is 79.2 Å². The van der Waals surface area contributed by atoms with Gasteiger partial charge in [-0.1, -0.05) is 25.8 Å². The number of carbonyl (C=O) groups excluding carboxylic acids is 4. The molecule has 250 valence electrons. The van der Waals surface area contributed by atoms with Crippen LogP contribution >= 0.6 is 0 Å². The molecular weight excluding hydrogens is 622 g/mol. The van der Waals surface area contributed by atoms with Gasteiger partial charge in [0.05, 0.1) is 17.7 Å². The second kappa shape index (κ2) is 17.7. The minimum atomic E-state index is -1.68. The van der Waals surface area contributed by atoms with E-state index in [4.69, 9.17) is 33.8 Å². The van der Waals surface area contributed by atoms with Gasteiger partial charge in [0.2, 0.25) is 0 Å². The Morgan fingerprint density at radius 2 is 1.44 bits per heavy atom. The van der Waals surface area contributed by atoms with Gasteiger partial charge in [-0.3, -0.25) is 0 Å². The van der Waals surface area contributed by atoms with Crippen molar-refractivity contribution < 1.29 is 52.7 Å². The van der Waals surface area contributed by atoms with E-state index in [2.05, 4.69) is 19.7 Å². The molecule has 0 amide bonds. The van der Waals surface area contributed by atoms with Gasteiger partial charge in [-0.25, -0.2) is 19.2 Å². The first-order valence-electron chi connectivity index (χ1n) is 14.5. The van der Waals surface area contributed by atoms with Crippen LogP contribution in [0.2, 0.25) is 0 Å². The maximum atomic E-state index is 12.6. The minimum Gasteiger partial charge on any atom is -0.491 e. The summed E-state index contributed by atoms with van der Waals surface area (Å²) in [6, 6.07) is 16.8. The summed E-state index contributed by atoms with van der Waals surface area (Å²) < 4.78 is 32.0. The zero-order chi connectivity index (χ0) is 35.1. The number of rotatable bonds is 18. The van der Waals surface area contributed by atoms with Gasteiger partial charge < -0.3 is 38.9 Å². The van der Waals surface area contributed by atoms with Crippen LogP contribution in [-0.2, 0) is 30.2 Å². The Balaban J connectivity index is 1.51. The van der Waals surface area contributed by atoms with E-state index in [9.17, 15) is 24.3 Å². The van der Waals surface area contributed by atoms with Crippen molar-refractivity contribution in [2.75, 3.05) is 19.8 Å². The lowest BCUT2D eigenvalue weighted by Crippen LogP contribution is -2.37. The smallest absolute Gasteiger partial charge is 0.343 e. The lowest BCUT2D eigenvalue weighted by molar-refractivity contribution is -0.202. The normalized spacial score (nSPS) is 12.3. The van der Waals surface area contributed by atoms with E-state index in [0.717, 1.165) is 23.9 Å². The predicted octanol–water partition coefficient (Wildman–Crippen LogP) is 4.78. The number of carbonyl (C=O) groups is 4. The molecule has 3 aromatic rings. The van der Waals surface area contributed by atoms with Crippen LogP contribution in [0.25, 0.3) is 0 Å². The maximum absolute atomic E-state index is 12.6. The first kappa shape index (κ1) is 36.6. The van der Waals surface area contributed by atoms with Crippen molar-refractivity contribution in [3.63, 3.8) is 0 Å². The fourth-order valence-corrected chi connectivity index (χ4v) is 3.89. The molecule has 3 rings (SSSR count). The van der Waals surface area contributed by atoms with E-state index < -0.39 is 35.8 Å². The lowest BCUT2D eigenvalue weighted by atomic mass is 10.1. The van der Waals surface area contributed by atoms with E-state index in [1.165, 1.54) is 49.4 Å². The first-order valence-corrected chi connectivity index (χ1v) is 14.5. The topological polar surface area (TPSA) is 168 Å². The average Bonchev–Trinajstić information content (AvgIpc) is 3.10. The lowest BCUT2D eigenvalue weighted by Gasteiger charge is -2.26. The summed E-state index contributed by atoms with van der Waals surface area (Å²) in [5.41, 5.74) is 1.57. The second-order valence-electron chi connectivity index (χ2n) is 10.1. The SMILES string of the molecule is C=CC(=O)OCC(COc1ccc(C(=O)OCCc2ccc(OC(=O)c3ccc(OC(=O)C=C)cc3)c(C=N)c2)cc1)OC(C)(O)C=C. The van der Waals surface area contributed by atoms with E-state index >= 15 is 0 Å². The summed E-state index contributed by atoms with van der Waals surface area (Å²) in [5, 5.41) is 17.9. The highest BCUT2D eigenvalue weighted by Crippen LogP contribution is 2.22. The molecule has 12 heteroatoms. The molecule has 12 nitrogen and oxygen atoms in total. The van der Waals surface area contributed by atoms with Crippen LogP contribution in [0.5, 0.6) is 17.2 Å². The van der Waals surface area contributed by atoms with Crippen molar-refractivity contribution in [3.8, 4) is 17.2 Å². The zero-order valence-electron chi connectivity index (χ0n) is 26.2. The predicted molar refractivity (Wildman–Crippen MR) is 174 cm³/mol. The summed E-state index contributed by atoms with van der Waals surface area (Å²) >= 11 is 0. The molecule has 2 N–H and O–H groups in total. The number of hydrogen-bond donors (Lipinski definition) is 2. The average molecular weight is 658 g/mol. The van der Waals surface area contributed by atoms with E-state index in [1.807, 2.05) is 0 Å². The summed E-state index contributed by atoms with van der Waals surface area (Å²) in [7, 11) is 0. The van der Waals surface area contributed by atoms with Gasteiger partial charge >= 0.3 is 23.9 Å². The third-order valence-electron chi connectivity index (χ3n) is 6.42. The summed E-state index contributed by atoms with van der Waals surface area (Å²) in [6.07, 6.45) is 3.75. The molecule has 2 atom stereocenters. The van der Waals surface area contributed by atoms with Crippen molar-refractivity contribution in [2.45, 2.75) is 25.2 Å². The molecule has 2 unspecified atom stereocenters. The highest BCUT2D eigenvalue weighted by molar-refractivity contribution is 5.93. The fourth-order valence-electron chi connectivity index (χ4n) is 3.89. The Morgan fingerprint density at radius 1 is 0.812 bits per heavy atom. The van der Waals surface area contributed by atoms with E-state index in [-0.39, 0.29) is 42.4 Å². The molecule has 0 saturated heterocycles. The van der Waals surface area contributed by atoms with E-state index in [0.29, 0.717) is 17.7 Å². The Labute approximate surface area is 277 Å². The number of benzene rings is 3. The van der Waals surface area contributed by atoms with Gasteiger partial charge in [0.25, 0.3) is 0 Å². The Morgan fingerprint density at radius 3 is 2.04 bits per heavy atom.